The van der Waals surface area contributed by atoms with E-state index in [2.05, 4.69) is 59.1 Å². The van der Waals surface area contributed by atoms with Crippen LogP contribution in [0.4, 0.5) is 0 Å². The van der Waals surface area contributed by atoms with Crippen molar-refractivity contribution in [3.63, 3.8) is 0 Å². The molecule has 3 aromatic heterocycles. The summed E-state index contributed by atoms with van der Waals surface area (Å²) >= 11 is 1.73. The molecule has 0 amide bonds. The Morgan fingerprint density at radius 2 is 2.06 bits per heavy atom. The average Bonchev–Trinajstić information content (AvgIpc) is 2.87. The minimum Gasteiger partial charge on any atom is -0.303 e. The van der Waals surface area contributed by atoms with E-state index >= 15 is 0 Å². The molecule has 3 aromatic rings. The molecule has 0 N–H and O–H groups in total. The number of pyridine rings is 1. The zero-order chi connectivity index (χ0) is 11.1. The lowest BCUT2D eigenvalue weighted by atomic mass is 10.3. The number of rotatable bonds is 1. The van der Waals surface area contributed by atoms with Crippen LogP contribution in [0.5, 0.6) is 0 Å². The summed E-state index contributed by atoms with van der Waals surface area (Å²) in [7, 11) is 0. The van der Waals surface area contributed by atoms with Gasteiger partial charge in [-0.2, -0.15) is 0 Å². The van der Waals surface area contributed by atoms with E-state index in [1.165, 1.54) is 16.1 Å². The van der Waals surface area contributed by atoms with Gasteiger partial charge in [-0.25, -0.2) is 4.98 Å². The lowest BCUT2D eigenvalue weighted by Crippen LogP contribution is -1.87. The maximum absolute atomic E-state index is 4.67. The van der Waals surface area contributed by atoms with Gasteiger partial charge in [-0.3, -0.25) is 0 Å². The van der Waals surface area contributed by atoms with Crippen molar-refractivity contribution in [1.29, 1.82) is 0 Å². The molecule has 0 radical (unpaired) electrons. The van der Waals surface area contributed by atoms with Crippen molar-refractivity contribution in [3.8, 4) is 10.6 Å². The predicted octanol–water partition coefficient (Wildman–Crippen LogP) is 3.68. The molecule has 3 heteroatoms. The van der Waals surface area contributed by atoms with Crippen molar-refractivity contribution in [2.24, 2.45) is 0 Å². The minimum absolute atomic E-state index is 1.02. The van der Waals surface area contributed by atoms with Gasteiger partial charge in [-0.15, -0.1) is 11.3 Å². The van der Waals surface area contributed by atoms with Crippen LogP contribution in [0.25, 0.3) is 16.2 Å². The smallest absolute Gasteiger partial charge is 0.137 e. The van der Waals surface area contributed by atoms with Crippen molar-refractivity contribution in [2.75, 3.05) is 0 Å². The van der Waals surface area contributed by atoms with Gasteiger partial charge in [0.15, 0.2) is 0 Å². The number of thiophene rings is 1. The molecule has 0 spiro atoms. The largest absolute Gasteiger partial charge is 0.303 e. The molecule has 16 heavy (non-hydrogen) atoms. The number of aromatic nitrogens is 2. The van der Waals surface area contributed by atoms with E-state index in [0.717, 1.165) is 11.3 Å². The predicted molar refractivity (Wildman–Crippen MR) is 68.0 cm³/mol. The number of aryl methyl sites for hydroxylation is 2. The van der Waals surface area contributed by atoms with Crippen LogP contribution in [0, 0.1) is 13.8 Å². The molecule has 0 aliphatic rings. The Morgan fingerprint density at radius 1 is 1.19 bits per heavy atom. The zero-order valence-electron chi connectivity index (χ0n) is 9.27. The number of nitrogens with zero attached hydrogens (tertiary/aromatic N) is 2. The number of imidazole rings is 1. The molecule has 3 heterocycles. The normalized spacial score (nSPS) is 11.1. The van der Waals surface area contributed by atoms with Gasteiger partial charge in [0.05, 0.1) is 4.88 Å². The lowest BCUT2D eigenvalue weighted by Gasteiger charge is -1.98. The van der Waals surface area contributed by atoms with E-state index < -0.39 is 0 Å². The van der Waals surface area contributed by atoms with Crippen LogP contribution in [-0.2, 0) is 0 Å². The molecular formula is C13H12N2S. The van der Waals surface area contributed by atoms with Crippen molar-refractivity contribution < 1.29 is 0 Å². The average molecular weight is 228 g/mol. The molecule has 3 rings (SSSR count). The van der Waals surface area contributed by atoms with Gasteiger partial charge < -0.3 is 4.40 Å². The van der Waals surface area contributed by atoms with Crippen LogP contribution in [-0.4, -0.2) is 9.38 Å². The summed E-state index contributed by atoms with van der Waals surface area (Å²) < 4.78 is 2.16. The molecule has 0 aromatic carbocycles. The zero-order valence-corrected chi connectivity index (χ0v) is 10.1. The maximum atomic E-state index is 4.67. The van der Waals surface area contributed by atoms with E-state index in [9.17, 15) is 0 Å². The summed E-state index contributed by atoms with van der Waals surface area (Å²) in [5.41, 5.74) is 4.58. The van der Waals surface area contributed by atoms with Crippen molar-refractivity contribution in [2.45, 2.75) is 13.8 Å². The molecule has 0 fully saturated rings. The summed E-state index contributed by atoms with van der Waals surface area (Å²) in [6.07, 6.45) is 2.13. The summed E-state index contributed by atoms with van der Waals surface area (Å²) in [6, 6.07) is 8.35. The molecule has 0 saturated carbocycles. The first-order valence-electron chi connectivity index (χ1n) is 5.25. The molecule has 0 saturated heterocycles. The summed E-state index contributed by atoms with van der Waals surface area (Å²) in [5.74, 6) is 0. The molecule has 0 bridgehead atoms. The third-order valence-electron chi connectivity index (χ3n) is 2.76. The molecule has 0 atom stereocenters. The fourth-order valence-corrected chi connectivity index (χ4v) is 2.68. The van der Waals surface area contributed by atoms with Crippen molar-refractivity contribution >= 4 is 17.0 Å². The molecule has 2 nitrogen and oxygen atoms in total. The number of fused-ring (bicyclic) bond motifs is 1. The van der Waals surface area contributed by atoms with E-state index in [4.69, 9.17) is 0 Å². The Hall–Kier alpha value is -1.61. The Labute approximate surface area is 98.2 Å². The van der Waals surface area contributed by atoms with Gasteiger partial charge in [0.1, 0.15) is 11.3 Å². The topological polar surface area (TPSA) is 17.3 Å². The molecular weight excluding hydrogens is 216 g/mol. The van der Waals surface area contributed by atoms with Crippen LogP contribution in [0.2, 0.25) is 0 Å². The highest BCUT2D eigenvalue weighted by atomic mass is 32.1. The van der Waals surface area contributed by atoms with Crippen LogP contribution in [0.1, 0.15) is 11.3 Å². The highest BCUT2D eigenvalue weighted by Gasteiger charge is 2.10. The fraction of sp³-hybridized carbons (Fsp3) is 0.154. The fourth-order valence-electron chi connectivity index (χ4n) is 1.92. The lowest BCUT2D eigenvalue weighted by molar-refractivity contribution is 1.09. The summed E-state index contributed by atoms with van der Waals surface area (Å²) in [4.78, 5) is 5.90. The van der Waals surface area contributed by atoms with Crippen LogP contribution in [0.3, 0.4) is 0 Å². The second kappa shape index (κ2) is 3.46. The highest BCUT2D eigenvalue weighted by Crippen LogP contribution is 2.27. The first-order valence-corrected chi connectivity index (χ1v) is 6.13. The van der Waals surface area contributed by atoms with Crippen LogP contribution >= 0.6 is 11.3 Å². The molecule has 0 aliphatic carbocycles. The van der Waals surface area contributed by atoms with E-state index in [1.807, 2.05) is 0 Å². The van der Waals surface area contributed by atoms with E-state index in [-0.39, 0.29) is 0 Å². The Balaban J connectivity index is 2.32. The Bertz CT molecular complexity index is 635. The quantitative estimate of drug-likeness (QED) is 0.621. The van der Waals surface area contributed by atoms with Gasteiger partial charge in [0.2, 0.25) is 0 Å². The van der Waals surface area contributed by atoms with E-state index in [1.54, 1.807) is 11.3 Å². The molecule has 80 valence electrons. The van der Waals surface area contributed by atoms with Gasteiger partial charge in [0.25, 0.3) is 0 Å². The summed E-state index contributed by atoms with van der Waals surface area (Å²) in [5, 5.41) is 2.09. The monoisotopic (exact) mass is 228 g/mol. The molecule has 0 unspecified atom stereocenters. The van der Waals surface area contributed by atoms with Gasteiger partial charge >= 0.3 is 0 Å². The van der Waals surface area contributed by atoms with Gasteiger partial charge in [0, 0.05) is 11.9 Å². The summed E-state index contributed by atoms with van der Waals surface area (Å²) in [6.45, 7) is 4.22. The van der Waals surface area contributed by atoms with Gasteiger partial charge in [-0.05, 0) is 36.9 Å². The SMILES string of the molecule is Cc1ccc2nc(-c3cccs3)c(C)n2c1. The first-order chi connectivity index (χ1) is 7.75. The second-order valence-corrected chi connectivity index (χ2v) is 4.91. The van der Waals surface area contributed by atoms with E-state index in [0.29, 0.717) is 0 Å². The Kier molecular flexibility index (Phi) is 2.07. The van der Waals surface area contributed by atoms with Crippen LogP contribution in [0.15, 0.2) is 35.8 Å². The standard InChI is InChI=1S/C13H12N2S/c1-9-5-6-12-14-13(10(2)15(12)8-9)11-4-3-7-16-11/h3-8H,1-2H3. The van der Waals surface area contributed by atoms with Crippen molar-refractivity contribution in [1.82, 2.24) is 9.38 Å². The Morgan fingerprint density at radius 3 is 2.81 bits per heavy atom. The highest BCUT2D eigenvalue weighted by molar-refractivity contribution is 7.13. The number of hydrogen-bond donors (Lipinski definition) is 0. The maximum Gasteiger partial charge on any atom is 0.137 e. The third kappa shape index (κ3) is 1.36. The van der Waals surface area contributed by atoms with Crippen molar-refractivity contribution in [3.05, 3.63) is 47.1 Å². The second-order valence-electron chi connectivity index (χ2n) is 3.96. The third-order valence-corrected chi connectivity index (χ3v) is 3.64. The molecule has 0 aliphatic heterocycles. The number of hydrogen-bond acceptors (Lipinski definition) is 2. The van der Waals surface area contributed by atoms with Crippen LogP contribution < -0.4 is 0 Å². The minimum atomic E-state index is 1.02. The van der Waals surface area contributed by atoms with Gasteiger partial charge in [-0.1, -0.05) is 12.1 Å². The first kappa shape index (κ1) is 9.60.